The quantitative estimate of drug-likeness (QED) is 0.798. The first kappa shape index (κ1) is 14.7. The molecule has 2 heterocycles. The molecule has 3 rings (SSSR count). The van der Waals surface area contributed by atoms with Crippen LogP contribution in [0.5, 0.6) is 5.75 Å². The average molecular weight is 309 g/mol. The molecular weight excluding hydrogens is 288 g/mol. The van der Waals surface area contributed by atoms with Gasteiger partial charge in [0.1, 0.15) is 17.1 Å². The zero-order valence-corrected chi connectivity index (χ0v) is 13.4. The van der Waals surface area contributed by atoms with E-state index in [1.165, 1.54) is 0 Å². The number of benzene rings is 1. The van der Waals surface area contributed by atoms with Gasteiger partial charge in [-0.25, -0.2) is 4.98 Å². The van der Waals surface area contributed by atoms with Gasteiger partial charge in [-0.15, -0.1) is 11.6 Å². The SMILES string of the molecule is CCOc1cccc2c1nc(C(C)Cl)n2C1CCOC1C. The Morgan fingerprint density at radius 2 is 2.33 bits per heavy atom. The van der Waals surface area contributed by atoms with E-state index in [0.717, 1.165) is 35.6 Å². The van der Waals surface area contributed by atoms with Gasteiger partial charge in [-0.3, -0.25) is 0 Å². The molecule has 1 aromatic heterocycles. The van der Waals surface area contributed by atoms with Crippen LogP contribution in [-0.2, 0) is 4.74 Å². The first-order valence-corrected chi connectivity index (χ1v) is 7.96. The number of hydrogen-bond acceptors (Lipinski definition) is 3. The average Bonchev–Trinajstić information content (AvgIpc) is 3.03. The Hall–Kier alpha value is -1.26. The zero-order chi connectivity index (χ0) is 15.0. The fourth-order valence-corrected chi connectivity index (χ4v) is 3.22. The summed E-state index contributed by atoms with van der Waals surface area (Å²) in [5, 5.41) is -0.153. The summed E-state index contributed by atoms with van der Waals surface area (Å²) >= 11 is 6.37. The predicted octanol–water partition coefficient (Wildman–Crippen LogP) is 4.08. The standard InChI is InChI=1S/C16H21ClN2O2/c1-4-20-14-7-5-6-13-15(14)18-16(10(2)17)19(13)12-8-9-21-11(12)3/h5-7,10-12H,4,8-9H2,1-3H3. The van der Waals surface area contributed by atoms with Gasteiger partial charge in [0.15, 0.2) is 0 Å². The molecule has 1 saturated heterocycles. The number of halogens is 1. The fourth-order valence-electron chi connectivity index (χ4n) is 3.07. The van der Waals surface area contributed by atoms with Gasteiger partial charge in [0.25, 0.3) is 0 Å². The van der Waals surface area contributed by atoms with Gasteiger partial charge in [-0.2, -0.15) is 0 Å². The molecule has 1 aromatic carbocycles. The number of ether oxygens (including phenoxy) is 2. The molecule has 3 unspecified atom stereocenters. The van der Waals surface area contributed by atoms with Crippen molar-refractivity contribution in [2.24, 2.45) is 0 Å². The van der Waals surface area contributed by atoms with Gasteiger partial charge in [0.2, 0.25) is 0 Å². The number of aromatic nitrogens is 2. The van der Waals surface area contributed by atoms with Gasteiger partial charge >= 0.3 is 0 Å². The van der Waals surface area contributed by atoms with E-state index in [4.69, 9.17) is 26.1 Å². The van der Waals surface area contributed by atoms with E-state index in [2.05, 4.69) is 17.6 Å². The third-order valence-electron chi connectivity index (χ3n) is 4.03. The second kappa shape index (κ2) is 5.85. The molecule has 0 amide bonds. The van der Waals surface area contributed by atoms with E-state index in [9.17, 15) is 0 Å². The molecular formula is C16H21ClN2O2. The Morgan fingerprint density at radius 3 is 2.95 bits per heavy atom. The highest BCUT2D eigenvalue weighted by atomic mass is 35.5. The van der Waals surface area contributed by atoms with Crippen LogP contribution in [0, 0.1) is 0 Å². The van der Waals surface area contributed by atoms with Gasteiger partial charge in [-0.05, 0) is 39.3 Å². The minimum atomic E-state index is -0.153. The summed E-state index contributed by atoms with van der Waals surface area (Å²) in [7, 11) is 0. The van der Waals surface area contributed by atoms with Gasteiger partial charge in [0, 0.05) is 6.61 Å². The van der Waals surface area contributed by atoms with Gasteiger partial charge < -0.3 is 14.0 Å². The van der Waals surface area contributed by atoms with Crippen molar-refractivity contribution in [3.05, 3.63) is 24.0 Å². The highest BCUT2D eigenvalue weighted by molar-refractivity contribution is 6.20. The monoisotopic (exact) mass is 308 g/mol. The van der Waals surface area contributed by atoms with Gasteiger partial charge in [0.05, 0.1) is 29.6 Å². The minimum absolute atomic E-state index is 0.153. The number of rotatable bonds is 4. The Morgan fingerprint density at radius 1 is 1.52 bits per heavy atom. The molecule has 0 N–H and O–H groups in total. The molecule has 21 heavy (non-hydrogen) atoms. The predicted molar refractivity (Wildman–Crippen MR) is 84.2 cm³/mol. The summed E-state index contributed by atoms with van der Waals surface area (Å²) in [6.07, 6.45) is 1.16. The normalized spacial score (nSPS) is 23.6. The van der Waals surface area contributed by atoms with Crippen LogP contribution in [-0.4, -0.2) is 28.9 Å². The molecule has 0 radical (unpaired) electrons. The Labute approximate surface area is 130 Å². The number of hydrogen-bond donors (Lipinski definition) is 0. The number of nitrogens with zero attached hydrogens (tertiary/aromatic N) is 2. The largest absolute Gasteiger partial charge is 0.492 e. The number of para-hydroxylation sites is 1. The van der Waals surface area contributed by atoms with E-state index in [0.29, 0.717) is 6.61 Å². The van der Waals surface area contributed by atoms with Crippen LogP contribution in [0.1, 0.15) is 44.4 Å². The first-order valence-electron chi connectivity index (χ1n) is 7.52. The summed E-state index contributed by atoms with van der Waals surface area (Å²) in [6.45, 7) is 7.46. The van der Waals surface area contributed by atoms with Crippen molar-refractivity contribution >= 4 is 22.6 Å². The molecule has 0 bridgehead atoms. The molecule has 5 heteroatoms. The van der Waals surface area contributed by atoms with Crippen LogP contribution in [0.4, 0.5) is 0 Å². The molecule has 4 nitrogen and oxygen atoms in total. The molecule has 1 fully saturated rings. The minimum Gasteiger partial charge on any atom is -0.492 e. The molecule has 2 aromatic rings. The van der Waals surface area contributed by atoms with Crippen LogP contribution < -0.4 is 4.74 Å². The smallest absolute Gasteiger partial charge is 0.147 e. The Kier molecular flexibility index (Phi) is 4.09. The number of alkyl halides is 1. The molecule has 0 aliphatic carbocycles. The summed E-state index contributed by atoms with van der Waals surface area (Å²) < 4.78 is 13.7. The molecule has 0 saturated carbocycles. The lowest BCUT2D eigenvalue weighted by Gasteiger charge is -2.20. The summed E-state index contributed by atoms with van der Waals surface area (Å²) in [4.78, 5) is 4.76. The van der Waals surface area contributed by atoms with Crippen LogP contribution in [0.3, 0.4) is 0 Å². The van der Waals surface area contributed by atoms with E-state index < -0.39 is 0 Å². The molecule has 0 spiro atoms. The van der Waals surface area contributed by atoms with E-state index >= 15 is 0 Å². The van der Waals surface area contributed by atoms with Crippen molar-refractivity contribution in [1.29, 1.82) is 0 Å². The van der Waals surface area contributed by atoms with Crippen molar-refractivity contribution in [3.63, 3.8) is 0 Å². The number of imidazole rings is 1. The summed E-state index contributed by atoms with van der Waals surface area (Å²) in [5.41, 5.74) is 1.96. The van der Waals surface area contributed by atoms with Crippen molar-refractivity contribution in [1.82, 2.24) is 9.55 Å². The highest BCUT2D eigenvalue weighted by Crippen LogP contribution is 2.37. The lowest BCUT2D eigenvalue weighted by atomic mass is 10.1. The van der Waals surface area contributed by atoms with Gasteiger partial charge in [-0.1, -0.05) is 6.07 Å². The van der Waals surface area contributed by atoms with Crippen LogP contribution >= 0.6 is 11.6 Å². The Bertz CT molecular complexity index is 638. The van der Waals surface area contributed by atoms with Crippen LogP contribution in [0.2, 0.25) is 0 Å². The topological polar surface area (TPSA) is 36.3 Å². The van der Waals surface area contributed by atoms with Crippen molar-refractivity contribution in [2.45, 2.75) is 44.7 Å². The third-order valence-corrected chi connectivity index (χ3v) is 4.23. The van der Waals surface area contributed by atoms with Crippen molar-refractivity contribution in [2.75, 3.05) is 13.2 Å². The first-order chi connectivity index (χ1) is 10.1. The van der Waals surface area contributed by atoms with Crippen molar-refractivity contribution < 1.29 is 9.47 Å². The maximum atomic E-state index is 6.37. The van der Waals surface area contributed by atoms with Crippen LogP contribution in [0.25, 0.3) is 11.0 Å². The van der Waals surface area contributed by atoms with E-state index in [1.54, 1.807) is 0 Å². The van der Waals surface area contributed by atoms with Crippen LogP contribution in [0.15, 0.2) is 18.2 Å². The zero-order valence-electron chi connectivity index (χ0n) is 12.7. The fraction of sp³-hybridized carbons (Fsp3) is 0.562. The molecule has 1 aliphatic rings. The molecule has 3 atom stereocenters. The Balaban J connectivity index is 2.20. The lowest BCUT2D eigenvalue weighted by molar-refractivity contribution is 0.108. The maximum absolute atomic E-state index is 6.37. The van der Waals surface area contributed by atoms with E-state index in [-0.39, 0.29) is 17.5 Å². The van der Waals surface area contributed by atoms with E-state index in [1.807, 2.05) is 26.0 Å². The molecule has 114 valence electrons. The summed E-state index contributed by atoms with van der Waals surface area (Å²) in [5.74, 6) is 1.71. The second-order valence-corrected chi connectivity index (χ2v) is 6.10. The molecule has 1 aliphatic heterocycles. The highest BCUT2D eigenvalue weighted by Gasteiger charge is 2.31. The maximum Gasteiger partial charge on any atom is 0.147 e. The second-order valence-electron chi connectivity index (χ2n) is 5.44. The number of fused-ring (bicyclic) bond motifs is 1. The van der Waals surface area contributed by atoms with Crippen molar-refractivity contribution in [3.8, 4) is 5.75 Å². The summed E-state index contributed by atoms with van der Waals surface area (Å²) in [6, 6.07) is 6.33. The lowest BCUT2D eigenvalue weighted by Crippen LogP contribution is -2.19. The third kappa shape index (κ3) is 2.51.